The molecule has 114 valence electrons. The van der Waals surface area contributed by atoms with E-state index in [0.29, 0.717) is 6.42 Å². The number of hydrogen-bond donors (Lipinski definition) is 0. The van der Waals surface area contributed by atoms with Crippen molar-refractivity contribution in [3.8, 4) is 11.5 Å². The molecule has 4 rings (SSSR count). The van der Waals surface area contributed by atoms with Gasteiger partial charge in [-0.15, -0.1) is 0 Å². The first-order chi connectivity index (χ1) is 11.3. The third-order valence-electron chi connectivity index (χ3n) is 4.10. The van der Waals surface area contributed by atoms with Crippen molar-refractivity contribution in [2.45, 2.75) is 12.8 Å². The second-order valence-electron chi connectivity index (χ2n) is 5.65. The number of rotatable bonds is 4. The van der Waals surface area contributed by atoms with Crippen LogP contribution in [0.3, 0.4) is 0 Å². The molecule has 3 aromatic rings. The Kier molecular flexibility index (Phi) is 3.42. The van der Waals surface area contributed by atoms with Gasteiger partial charge in [-0.1, -0.05) is 24.3 Å². The monoisotopic (exact) mass is 305 g/mol. The molecule has 23 heavy (non-hydrogen) atoms. The molecule has 0 aliphatic heterocycles. The highest BCUT2D eigenvalue weighted by Gasteiger charge is 2.30. The normalized spacial score (nSPS) is 16.1. The van der Waals surface area contributed by atoms with Crippen LogP contribution in [-0.4, -0.2) is 10.8 Å². The lowest BCUT2D eigenvalue weighted by molar-refractivity contribution is 0.0889. The molecule has 0 amide bonds. The van der Waals surface area contributed by atoms with E-state index in [1.807, 2.05) is 48.5 Å². The molecule has 2 aromatic carbocycles. The zero-order valence-corrected chi connectivity index (χ0v) is 12.4. The van der Waals surface area contributed by atoms with E-state index >= 15 is 0 Å². The molecule has 0 spiro atoms. The van der Waals surface area contributed by atoms with Crippen LogP contribution < -0.4 is 4.74 Å². The first-order valence-corrected chi connectivity index (χ1v) is 7.58. The fourth-order valence-electron chi connectivity index (χ4n) is 2.99. The van der Waals surface area contributed by atoms with E-state index in [4.69, 9.17) is 9.15 Å². The Labute approximate surface area is 133 Å². The van der Waals surface area contributed by atoms with Crippen molar-refractivity contribution in [2.75, 3.05) is 0 Å². The van der Waals surface area contributed by atoms with Gasteiger partial charge in [-0.25, -0.2) is 4.98 Å². The molecular weight excluding hydrogens is 290 g/mol. The smallest absolute Gasteiger partial charge is 0.263 e. The van der Waals surface area contributed by atoms with Crippen LogP contribution in [0, 0.1) is 5.92 Å². The summed E-state index contributed by atoms with van der Waals surface area (Å²) in [5, 5.41) is 0. The fraction of sp³-hybridized carbons (Fsp3) is 0.158. The number of hydrogen-bond acceptors (Lipinski definition) is 4. The predicted octanol–water partition coefficient (Wildman–Crippen LogP) is 4.06. The standard InChI is InChI=1S/C19H15NO3/c21-18(19-20-8-9-22-19)15-10-13-6-7-17(12-14(13)11-15)23-16-4-2-1-3-5-16/h1-9,12,15H,10-11H2/t15-/m1/s1. The first kappa shape index (κ1) is 13.8. The Morgan fingerprint density at radius 2 is 1.87 bits per heavy atom. The summed E-state index contributed by atoms with van der Waals surface area (Å²) in [6, 6.07) is 15.7. The highest BCUT2D eigenvalue weighted by molar-refractivity contribution is 5.94. The number of oxazole rings is 1. The summed E-state index contributed by atoms with van der Waals surface area (Å²) < 4.78 is 11.0. The average molecular weight is 305 g/mol. The maximum Gasteiger partial charge on any atom is 0.263 e. The average Bonchev–Trinajstić information content (AvgIpc) is 3.24. The van der Waals surface area contributed by atoms with E-state index in [0.717, 1.165) is 23.5 Å². The molecule has 0 bridgehead atoms. The number of Topliss-reactive ketones (excluding diaryl/α,β-unsaturated/α-hetero) is 1. The van der Waals surface area contributed by atoms with Crippen LogP contribution in [0.15, 0.2) is 65.4 Å². The van der Waals surface area contributed by atoms with Gasteiger partial charge in [-0.2, -0.15) is 0 Å². The maximum atomic E-state index is 12.4. The van der Waals surface area contributed by atoms with Crippen LogP contribution in [-0.2, 0) is 12.8 Å². The van der Waals surface area contributed by atoms with E-state index < -0.39 is 0 Å². The summed E-state index contributed by atoms with van der Waals surface area (Å²) in [7, 11) is 0. The molecule has 1 atom stereocenters. The van der Waals surface area contributed by atoms with Crippen molar-refractivity contribution in [1.29, 1.82) is 0 Å². The predicted molar refractivity (Wildman–Crippen MR) is 84.7 cm³/mol. The van der Waals surface area contributed by atoms with E-state index in [2.05, 4.69) is 4.98 Å². The number of fused-ring (bicyclic) bond motifs is 1. The molecule has 1 aromatic heterocycles. The Bertz CT molecular complexity index is 825. The van der Waals surface area contributed by atoms with E-state index in [1.165, 1.54) is 18.0 Å². The zero-order chi connectivity index (χ0) is 15.6. The third-order valence-corrected chi connectivity index (χ3v) is 4.10. The molecule has 0 radical (unpaired) electrons. The SMILES string of the molecule is O=C(c1ncco1)[C@@H]1Cc2ccc(Oc3ccccc3)cc2C1. The summed E-state index contributed by atoms with van der Waals surface area (Å²) in [4.78, 5) is 16.3. The number of para-hydroxylation sites is 1. The van der Waals surface area contributed by atoms with Crippen molar-refractivity contribution in [1.82, 2.24) is 4.98 Å². The van der Waals surface area contributed by atoms with Gasteiger partial charge >= 0.3 is 0 Å². The summed E-state index contributed by atoms with van der Waals surface area (Å²) in [5.41, 5.74) is 2.35. The third kappa shape index (κ3) is 2.75. The second kappa shape index (κ2) is 5.72. The van der Waals surface area contributed by atoms with Crippen molar-refractivity contribution >= 4 is 5.78 Å². The van der Waals surface area contributed by atoms with Gasteiger partial charge in [0.25, 0.3) is 5.89 Å². The molecule has 1 heterocycles. The summed E-state index contributed by atoms with van der Waals surface area (Å²) in [6.45, 7) is 0. The lowest BCUT2D eigenvalue weighted by Crippen LogP contribution is -2.15. The van der Waals surface area contributed by atoms with Crippen molar-refractivity contribution in [3.05, 3.63) is 78.0 Å². The molecule has 0 saturated heterocycles. The van der Waals surface area contributed by atoms with Crippen molar-refractivity contribution in [3.63, 3.8) is 0 Å². The minimum atomic E-state index is -0.101. The Morgan fingerprint density at radius 3 is 2.65 bits per heavy atom. The summed E-state index contributed by atoms with van der Waals surface area (Å²) >= 11 is 0. The number of carbonyl (C=O) groups is 1. The van der Waals surface area contributed by atoms with E-state index in [-0.39, 0.29) is 17.6 Å². The van der Waals surface area contributed by atoms with Crippen LogP contribution >= 0.6 is 0 Å². The number of ketones is 1. The van der Waals surface area contributed by atoms with Crippen LogP contribution in [0.1, 0.15) is 21.8 Å². The number of benzene rings is 2. The fourth-order valence-corrected chi connectivity index (χ4v) is 2.99. The van der Waals surface area contributed by atoms with E-state index in [1.54, 1.807) is 0 Å². The van der Waals surface area contributed by atoms with Crippen LogP contribution in [0.25, 0.3) is 0 Å². The van der Waals surface area contributed by atoms with E-state index in [9.17, 15) is 4.79 Å². The molecule has 0 saturated carbocycles. The molecule has 4 nitrogen and oxygen atoms in total. The Balaban J connectivity index is 1.52. The minimum absolute atomic E-state index is 0.0308. The molecule has 1 aliphatic carbocycles. The van der Waals surface area contributed by atoms with Gasteiger partial charge in [0, 0.05) is 5.92 Å². The van der Waals surface area contributed by atoms with Gasteiger partial charge < -0.3 is 9.15 Å². The second-order valence-corrected chi connectivity index (χ2v) is 5.65. The number of nitrogens with zero attached hydrogens (tertiary/aromatic N) is 1. The number of aromatic nitrogens is 1. The molecule has 4 heteroatoms. The van der Waals surface area contributed by atoms with Crippen LogP contribution in [0.2, 0.25) is 0 Å². The molecule has 1 aliphatic rings. The highest BCUT2D eigenvalue weighted by Crippen LogP contribution is 2.33. The quantitative estimate of drug-likeness (QED) is 0.682. The first-order valence-electron chi connectivity index (χ1n) is 7.58. The topological polar surface area (TPSA) is 52.3 Å². The van der Waals surface area contributed by atoms with Gasteiger partial charge in [-0.05, 0) is 48.2 Å². The Morgan fingerprint density at radius 1 is 1.04 bits per heavy atom. The zero-order valence-electron chi connectivity index (χ0n) is 12.4. The summed E-state index contributed by atoms with van der Waals surface area (Å²) in [6.07, 6.45) is 4.35. The molecular formula is C19H15NO3. The molecule has 0 N–H and O–H groups in total. The van der Waals surface area contributed by atoms with Crippen LogP contribution in [0.5, 0.6) is 11.5 Å². The molecule has 0 unspecified atom stereocenters. The van der Waals surface area contributed by atoms with Gasteiger partial charge in [0.15, 0.2) is 0 Å². The number of ether oxygens (including phenoxy) is 1. The van der Waals surface area contributed by atoms with Gasteiger partial charge in [-0.3, -0.25) is 4.79 Å². The number of carbonyl (C=O) groups excluding carboxylic acids is 1. The van der Waals surface area contributed by atoms with Crippen molar-refractivity contribution in [2.24, 2.45) is 5.92 Å². The highest BCUT2D eigenvalue weighted by atomic mass is 16.5. The van der Waals surface area contributed by atoms with Gasteiger partial charge in [0.1, 0.15) is 17.8 Å². The molecule has 0 fully saturated rings. The Hall–Kier alpha value is -2.88. The van der Waals surface area contributed by atoms with Crippen LogP contribution in [0.4, 0.5) is 0 Å². The largest absolute Gasteiger partial charge is 0.457 e. The van der Waals surface area contributed by atoms with Gasteiger partial charge in [0.05, 0.1) is 6.20 Å². The lowest BCUT2D eigenvalue weighted by Gasteiger charge is -2.07. The van der Waals surface area contributed by atoms with Crippen molar-refractivity contribution < 1.29 is 13.9 Å². The minimum Gasteiger partial charge on any atom is -0.457 e. The maximum absolute atomic E-state index is 12.4. The van der Waals surface area contributed by atoms with Gasteiger partial charge in [0.2, 0.25) is 5.78 Å². The lowest BCUT2D eigenvalue weighted by atomic mass is 10.0. The summed E-state index contributed by atoms with van der Waals surface area (Å²) in [5.74, 6) is 1.66.